The summed E-state index contributed by atoms with van der Waals surface area (Å²) in [5.74, 6) is -1.63. The predicted molar refractivity (Wildman–Crippen MR) is 71.4 cm³/mol. The van der Waals surface area contributed by atoms with E-state index in [1.165, 1.54) is 30.3 Å². The molecule has 2 aromatic rings. The standard InChI is InChI=1S/C15H15F2NO2/c1-9(15-11(16)3-2-4-12(15)17)18-8-10-5-6-13(19)14(20)7-10/h2-7,9,18-20H,8H2,1H3. The smallest absolute Gasteiger partial charge is 0.157 e. The summed E-state index contributed by atoms with van der Waals surface area (Å²) < 4.78 is 27.2. The highest BCUT2D eigenvalue weighted by Crippen LogP contribution is 2.25. The van der Waals surface area contributed by atoms with Gasteiger partial charge in [0.1, 0.15) is 11.6 Å². The van der Waals surface area contributed by atoms with E-state index in [9.17, 15) is 19.0 Å². The highest BCUT2D eigenvalue weighted by atomic mass is 19.1. The zero-order chi connectivity index (χ0) is 14.7. The summed E-state index contributed by atoms with van der Waals surface area (Å²) in [5, 5.41) is 21.5. The number of nitrogens with one attached hydrogen (secondary N) is 1. The van der Waals surface area contributed by atoms with Gasteiger partial charge in [0.05, 0.1) is 0 Å². The van der Waals surface area contributed by atoms with Crippen LogP contribution >= 0.6 is 0 Å². The van der Waals surface area contributed by atoms with Gasteiger partial charge in [0.15, 0.2) is 11.5 Å². The first-order chi connectivity index (χ1) is 9.49. The average molecular weight is 279 g/mol. The van der Waals surface area contributed by atoms with E-state index in [2.05, 4.69) is 5.32 Å². The molecule has 0 radical (unpaired) electrons. The Hall–Kier alpha value is -2.14. The van der Waals surface area contributed by atoms with Gasteiger partial charge in [-0.3, -0.25) is 0 Å². The third-order valence-electron chi connectivity index (χ3n) is 3.08. The van der Waals surface area contributed by atoms with E-state index in [4.69, 9.17) is 0 Å². The Morgan fingerprint density at radius 2 is 1.70 bits per heavy atom. The molecule has 0 bridgehead atoms. The van der Waals surface area contributed by atoms with E-state index in [0.29, 0.717) is 12.1 Å². The highest BCUT2D eigenvalue weighted by Gasteiger charge is 2.15. The molecule has 0 saturated carbocycles. The highest BCUT2D eigenvalue weighted by molar-refractivity contribution is 5.40. The topological polar surface area (TPSA) is 52.5 Å². The van der Waals surface area contributed by atoms with Crippen LogP contribution in [0.25, 0.3) is 0 Å². The largest absolute Gasteiger partial charge is 0.504 e. The van der Waals surface area contributed by atoms with Gasteiger partial charge in [-0.1, -0.05) is 12.1 Å². The lowest BCUT2D eigenvalue weighted by molar-refractivity contribution is 0.402. The molecule has 0 amide bonds. The second-order valence-electron chi connectivity index (χ2n) is 4.56. The van der Waals surface area contributed by atoms with Crippen molar-refractivity contribution < 1.29 is 19.0 Å². The molecular formula is C15H15F2NO2. The number of halogens is 2. The third-order valence-corrected chi connectivity index (χ3v) is 3.08. The quantitative estimate of drug-likeness (QED) is 0.753. The van der Waals surface area contributed by atoms with Gasteiger partial charge < -0.3 is 15.5 Å². The lowest BCUT2D eigenvalue weighted by Crippen LogP contribution is -2.20. The van der Waals surface area contributed by atoms with Crippen molar-refractivity contribution in [1.29, 1.82) is 0 Å². The Kier molecular flexibility index (Phi) is 4.20. The van der Waals surface area contributed by atoms with Crippen molar-refractivity contribution >= 4 is 0 Å². The minimum absolute atomic E-state index is 0.0181. The maximum Gasteiger partial charge on any atom is 0.157 e. The Labute approximate surface area is 115 Å². The van der Waals surface area contributed by atoms with Crippen LogP contribution in [0.5, 0.6) is 11.5 Å². The number of rotatable bonds is 4. The normalized spacial score (nSPS) is 12.3. The van der Waals surface area contributed by atoms with E-state index in [-0.39, 0.29) is 17.1 Å². The molecule has 1 atom stereocenters. The van der Waals surface area contributed by atoms with Crippen LogP contribution in [-0.2, 0) is 6.54 Å². The lowest BCUT2D eigenvalue weighted by Gasteiger charge is -2.16. The molecule has 0 aliphatic carbocycles. The number of phenols is 2. The van der Waals surface area contributed by atoms with Crippen molar-refractivity contribution in [2.75, 3.05) is 0 Å². The monoisotopic (exact) mass is 279 g/mol. The number of hydrogen-bond acceptors (Lipinski definition) is 3. The van der Waals surface area contributed by atoms with E-state index in [1.807, 2.05) is 0 Å². The van der Waals surface area contributed by atoms with Crippen molar-refractivity contribution in [2.45, 2.75) is 19.5 Å². The molecule has 1 unspecified atom stereocenters. The van der Waals surface area contributed by atoms with Crippen LogP contribution in [0.4, 0.5) is 8.78 Å². The molecule has 0 aliphatic heterocycles. The first kappa shape index (κ1) is 14.3. The Bertz CT molecular complexity index is 597. The van der Waals surface area contributed by atoms with Crippen molar-refractivity contribution in [1.82, 2.24) is 5.32 Å². The average Bonchev–Trinajstić information content (AvgIpc) is 2.40. The fourth-order valence-electron chi connectivity index (χ4n) is 1.98. The van der Waals surface area contributed by atoms with E-state index in [0.717, 1.165) is 0 Å². The molecule has 2 aromatic carbocycles. The number of benzene rings is 2. The third kappa shape index (κ3) is 3.05. The van der Waals surface area contributed by atoms with Crippen LogP contribution < -0.4 is 5.32 Å². The molecule has 5 heteroatoms. The van der Waals surface area contributed by atoms with Gasteiger partial charge in [-0.05, 0) is 36.8 Å². The zero-order valence-electron chi connectivity index (χ0n) is 10.9. The molecule has 106 valence electrons. The lowest BCUT2D eigenvalue weighted by atomic mass is 10.1. The molecule has 0 heterocycles. The van der Waals surface area contributed by atoms with Crippen LogP contribution in [0, 0.1) is 11.6 Å². The van der Waals surface area contributed by atoms with Gasteiger partial charge in [-0.25, -0.2) is 8.78 Å². The summed E-state index contributed by atoms with van der Waals surface area (Å²) in [7, 11) is 0. The number of aromatic hydroxyl groups is 2. The minimum atomic E-state index is -0.599. The van der Waals surface area contributed by atoms with E-state index in [1.54, 1.807) is 13.0 Å². The summed E-state index contributed by atoms with van der Waals surface area (Å²) in [6.07, 6.45) is 0. The molecule has 0 aliphatic rings. The van der Waals surface area contributed by atoms with Crippen molar-refractivity contribution in [3.63, 3.8) is 0 Å². The van der Waals surface area contributed by atoms with Gasteiger partial charge in [-0.15, -0.1) is 0 Å². The molecule has 0 saturated heterocycles. The Morgan fingerprint density at radius 1 is 1.05 bits per heavy atom. The molecule has 0 fully saturated rings. The van der Waals surface area contributed by atoms with Crippen molar-refractivity contribution in [3.05, 3.63) is 59.2 Å². The fraction of sp³-hybridized carbons (Fsp3) is 0.200. The minimum Gasteiger partial charge on any atom is -0.504 e. The molecule has 20 heavy (non-hydrogen) atoms. The zero-order valence-corrected chi connectivity index (χ0v) is 10.9. The Balaban J connectivity index is 2.08. The van der Waals surface area contributed by atoms with Crippen LogP contribution in [0.1, 0.15) is 24.1 Å². The first-order valence-electron chi connectivity index (χ1n) is 6.17. The summed E-state index contributed by atoms with van der Waals surface area (Å²) in [4.78, 5) is 0. The maximum absolute atomic E-state index is 13.6. The molecule has 3 nitrogen and oxygen atoms in total. The molecule has 0 aromatic heterocycles. The van der Waals surface area contributed by atoms with Crippen LogP contribution in [0.3, 0.4) is 0 Å². The van der Waals surface area contributed by atoms with Gasteiger partial charge in [-0.2, -0.15) is 0 Å². The van der Waals surface area contributed by atoms with Gasteiger partial charge >= 0.3 is 0 Å². The van der Waals surface area contributed by atoms with Gasteiger partial charge in [0.25, 0.3) is 0 Å². The van der Waals surface area contributed by atoms with E-state index >= 15 is 0 Å². The molecule has 0 spiro atoms. The molecule has 2 rings (SSSR count). The number of phenolic OH excluding ortho intramolecular Hbond substituents is 2. The van der Waals surface area contributed by atoms with Crippen LogP contribution in [-0.4, -0.2) is 10.2 Å². The Morgan fingerprint density at radius 3 is 2.30 bits per heavy atom. The maximum atomic E-state index is 13.6. The van der Waals surface area contributed by atoms with E-state index < -0.39 is 17.7 Å². The van der Waals surface area contributed by atoms with Crippen LogP contribution in [0.15, 0.2) is 36.4 Å². The second-order valence-corrected chi connectivity index (χ2v) is 4.56. The van der Waals surface area contributed by atoms with Gasteiger partial charge in [0.2, 0.25) is 0 Å². The molecule has 3 N–H and O–H groups in total. The predicted octanol–water partition coefficient (Wildman–Crippen LogP) is 3.23. The summed E-state index contributed by atoms with van der Waals surface area (Å²) >= 11 is 0. The molecular weight excluding hydrogens is 264 g/mol. The fourth-order valence-corrected chi connectivity index (χ4v) is 1.98. The van der Waals surface area contributed by atoms with Crippen molar-refractivity contribution in [3.8, 4) is 11.5 Å². The first-order valence-corrected chi connectivity index (χ1v) is 6.17. The summed E-state index contributed by atoms with van der Waals surface area (Å²) in [5.41, 5.74) is 0.680. The van der Waals surface area contributed by atoms with Gasteiger partial charge in [0, 0.05) is 18.2 Å². The summed E-state index contributed by atoms with van der Waals surface area (Å²) in [6.45, 7) is 1.96. The van der Waals surface area contributed by atoms with Crippen molar-refractivity contribution in [2.24, 2.45) is 0 Å². The SMILES string of the molecule is CC(NCc1ccc(O)c(O)c1)c1c(F)cccc1F. The van der Waals surface area contributed by atoms with Crippen LogP contribution in [0.2, 0.25) is 0 Å². The number of hydrogen-bond donors (Lipinski definition) is 3. The summed E-state index contributed by atoms with van der Waals surface area (Å²) in [6, 6.07) is 7.59. The second kappa shape index (κ2) is 5.88.